The molecule has 1 fully saturated rings. The summed E-state index contributed by atoms with van der Waals surface area (Å²) in [5, 5.41) is 14.4. The Kier molecular flexibility index (Phi) is 14.5. The Morgan fingerprint density at radius 2 is 1.64 bits per heavy atom. The number of thioether (sulfide) groups is 1. The number of benzene rings is 3. The van der Waals surface area contributed by atoms with Gasteiger partial charge in [0.25, 0.3) is 5.91 Å². The first-order valence-electron chi connectivity index (χ1n) is 15.1. The van der Waals surface area contributed by atoms with Crippen LogP contribution in [0.15, 0.2) is 60.7 Å². The number of nitrogens with zero attached hydrogens (tertiary/aromatic N) is 1. The molecule has 1 N–H and O–H groups in total. The van der Waals surface area contributed by atoms with E-state index in [1.165, 1.54) is 56.0 Å². The predicted molar refractivity (Wildman–Crippen MR) is 168 cm³/mol. The maximum absolute atomic E-state index is 14.1. The van der Waals surface area contributed by atoms with Crippen LogP contribution < -0.4 is 29.3 Å². The Balaban J connectivity index is 0.00000529. The van der Waals surface area contributed by atoms with Gasteiger partial charge >= 0.3 is 18.9 Å². The summed E-state index contributed by atoms with van der Waals surface area (Å²) in [4.78, 5) is 27.4. The van der Waals surface area contributed by atoms with Crippen molar-refractivity contribution in [3.63, 3.8) is 0 Å². The molecule has 5 nitrogen and oxygen atoms in total. The Hall–Kier alpha value is -2.63. The molecule has 44 heavy (non-hydrogen) atoms. The van der Waals surface area contributed by atoms with E-state index in [4.69, 9.17) is 0 Å². The van der Waals surface area contributed by atoms with Crippen LogP contribution in [0, 0.1) is 24.5 Å². The molecule has 0 heterocycles. The van der Waals surface area contributed by atoms with Crippen molar-refractivity contribution in [3.05, 3.63) is 94.6 Å². The van der Waals surface area contributed by atoms with E-state index in [0.717, 1.165) is 35.7 Å². The van der Waals surface area contributed by atoms with Crippen molar-refractivity contribution in [2.45, 2.75) is 71.0 Å². The maximum Gasteiger partial charge on any atom is 1.00 e. The molecule has 3 aromatic carbocycles. The molecular formula is C35H41F2LiN2O3S. The molecule has 1 saturated carbocycles. The normalized spacial score (nSPS) is 14.2. The number of nitrogens with one attached hydrogen (secondary N) is 1. The molecule has 0 bridgehead atoms. The second-order valence-electron chi connectivity index (χ2n) is 11.6. The second-order valence-corrected chi connectivity index (χ2v) is 12.6. The first-order chi connectivity index (χ1) is 20.7. The van der Waals surface area contributed by atoms with E-state index in [0.29, 0.717) is 41.5 Å². The van der Waals surface area contributed by atoms with Gasteiger partial charge in [-0.2, -0.15) is 11.8 Å². The number of hydrogen-bond donors (Lipinski definition) is 1. The molecule has 3 aromatic rings. The molecule has 1 aliphatic carbocycles. The molecule has 4 rings (SSSR count). The summed E-state index contributed by atoms with van der Waals surface area (Å²) in [5.74, 6) is -1.73. The molecule has 1 atom stereocenters. The Morgan fingerprint density at radius 3 is 2.30 bits per heavy atom. The van der Waals surface area contributed by atoms with E-state index in [-0.39, 0.29) is 25.3 Å². The number of carboxylic acid groups (broad SMARTS) is 1. The van der Waals surface area contributed by atoms with Gasteiger partial charge in [-0.15, -0.1) is 0 Å². The summed E-state index contributed by atoms with van der Waals surface area (Å²) in [6, 6.07) is 15.9. The minimum atomic E-state index is -1.31. The SMILES string of the molecule is CSCC[C@H](NC(=O)c1ccc(CN(CCC2CCCCC2)Cc2cc(F)cc(F)c2)cc1-c1ccccc1C)C(=O)[O-].[Li+]. The van der Waals surface area contributed by atoms with Crippen molar-refractivity contribution in [2.75, 3.05) is 18.6 Å². The zero-order chi connectivity index (χ0) is 30.8. The van der Waals surface area contributed by atoms with Crippen molar-refractivity contribution < 1.29 is 42.3 Å². The number of carboxylic acids is 1. The minimum absolute atomic E-state index is 0. The molecule has 0 spiro atoms. The van der Waals surface area contributed by atoms with E-state index in [2.05, 4.69) is 10.2 Å². The van der Waals surface area contributed by atoms with Crippen LogP contribution in [-0.4, -0.2) is 41.4 Å². The van der Waals surface area contributed by atoms with Crippen LogP contribution in [0.25, 0.3) is 11.1 Å². The average Bonchev–Trinajstić information content (AvgIpc) is 2.98. The van der Waals surface area contributed by atoms with Crippen LogP contribution in [-0.2, 0) is 17.9 Å². The van der Waals surface area contributed by atoms with Gasteiger partial charge in [0.2, 0.25) is 0 Å². The molecule has 9 heteroatoms. The summed E-state index contributed by atoms with van der Waals surface area (Å²) in [6.45, 7) is 3.68. The van der Waals surface area contributed by atoms with Crippen LogP contribution in [0.3, 0.4) is 0 Å². The van der Waals surface area contributed by atoms with Crippen LogP contribution in [0.5, 0.6) is 0 Å². The molecule has 0 unspecified atom stereocenters. The van der Waals surface area contributed by atoms with E-state index in [1.54, 1.807) is 6.07 Å². The number of carbonyl (C=O) groups excluding carboxylic acids is 2. The maximum atomic E-state index is 14.1. The van der Waals surface area contributed by atoms with Crippen LogP contribution >= 0.6 is 11.8 Å². The summed E-state index contributed by atoms with van der Waals surface area (Å²) < 4.78 is 28.1. The van der Waals surface area contributed by atoms with E-state index in [9.17, 15) is 23.5 Å². The summed E-state index contributed by atoms with van der Waals surface area (Å²) >= 11 is 1.51. The quantitative estimate of drug-likeness (QED) is 0.282. The van der Waals surface area contributed by atoms with Gasteiger partial charge in [0.05, 0.1) is 12.0 Å². The number of halogens is 2. The van der Waals surface area contributed by atoms with Gasteiger partial charge < -0.3 is 15.2 Å². The van der Waals surface area contributed by atoms with Gasteiger partial charge in [0.15, 0.2) is 0 Å². The standard InChI is InChI=1S/C35H42F2N2O3S.Li/c1-24-8-6-7-11-30(24)32-20-26(12-13-31(32)34(40)38-33(35(41)42)15-17-43-2)22-39(16-14-25-9-4-3-5-10-25)23-27-18-28(36)21-29(37)19-27;/h6-8,11-13,18-21,25,33H,3-5,9-10,14-17,22-23H2,1-2H3,(H,38,40)(H,41,42);/q;+1/p-1/t33-;/m0./s1. The second kappa shape index (κ2) is 17.8. The molecule has 230 valence electrons. The number of aryl methyl sites for hydroxylation is 1. The van der Waals surface area contributed by atoms with Gasteiger partial charge in [-0.25, -0.2) is 8.78 Å². The Labute approximate surface area is 276 Å². The topological polar surface area (TPSA) is 72.5 Å². The fourth-order valence-electron chi connectivity index (χ4n) is 5.98. The van der Waals surface area contributed by atoms with E-state index in [1.807, 2.05) is 49.6 Å². The first-order valence-corrected chi connectivity index (χ1v) is 16.5. The Morgan fingerprint density at radius 1 is 0.955 bits per heavy atom. The third-order valence-corrected chi connectivity index (χ3v) is 8.92. The molecule has 1 amide bonds. The molecule has 0 radical (unpaired) electrons. The van der Waals surface area contributed by atoms with Gasteiger partial charge in [-0.1, -0.05) is 62.4 Å². The van der Waals surface area contributed by atoms with Crippen LogP contribution in [0.2, 0.25) is 0 Å². The van der Waals surface area contributed by atoms with Crippen LogP contribution in [0.1, 0.15) is 72.0 Å². The number of hydrogen-bond acceptors (Lipinski definition) is 5. The smallest absolute Gasteiger partial charge is 0.548 e. The summed E-state index contributed by atoms with van der Waals surface area (Å²) in [6.07, 6.45) is 9.38. The number of amides is 1. The van der Waals surface area contributed by atoms with Crippen molar-refractivity contribution in [2.24, 2.45) is 5.92 Å². The fourth-order valence-corrected chi connectivity index (χ4v) is 6.45. The molecule has 0 saturated heterocycles. The number of rotatable bonds is 14. The van der Waals surface area contributed by atoms with Gasteiger partial charge in [0, 0.05) is 24.7 Å². The molecule has 0 aromatic heterocycles. The average molecular weight is 615 g/mol. The monoisotopic (exact) mass is 614 g/mol. The third-order valence-electron chi connectivity index (χ3n) is 8.28. The van der Waals surface area contributed by atoms with Gasteiger partial charge in [-0.3, -0.25) is 9.69 Å². The zero-order valence-electron chi connectivity index (χ0n) is 26.0. The zero-order valence-corrected chi connectivity index (χ0v) is 26.9. The predicted octanol–water partition coefficient (Wildman–Crippen LogP) is 3.52. The van der Waals surface area contributed by atoms with Crippen molar-refractivity contribution in [3.8, 4) is 11.1 Å². The van der Waals surface area contributed by atoms with Gasteiger partial charge in [-0.05, 0) is 96.3 Å². The Bertz CT molecular complexity index is 1380. The molecule has 0 aliphatic heterocycles. The molecular weight excluding hydrogens is 573 g/mol. The van der Waals surface area contributed by atoms with Crippen LogP contribution in [0.4, 0.5) is 8.78 Å². The number of aliphatic carboxylic acids is 1. The van der Waals surface area contributed by atoms with Crippen molar-refractivity contribution in [1.29, 1.82) is 0 Å². The van der Waals surface area contributed by atoms with Crippen molar-refractivity contribution >= 4 is 23.6 Å². The minimum Gasteiger partial charge on any atom is -0.548 e. The summed E-state index contributed by atoms with van der Waals surface area (Å²) in [7, 11) is 0. The van der Waals surface area contributed by atoms with Gasteiger partial charge in [0.1, 0.15) is 11.6 Å². The first kappa shape index (κ1) is 35.8. The largest absolute Gasteiger partial charge is 1.00 e. The fraction of sp³-hybridized carbons (Fsp3) is 0.429. The molecule has 1 aliphatic rings. The number of carbonyl (C=O) groups is 2. The van der Waals surface area contributed by atoms with E-state index >= 15 is 0 Å². The third kappa shape index (κ3) is 10.5. The van der Waals surface area contributed by atoms with E-state index < -0.39 is 29.6 Å². The summed E-state index contributed by atoms with van der Waals surface area (Å²) in [5.41, 5.74) is 4.49. The van der Waals surface area contributed by atoms with Crippen molar-refractivity contribution in [1.82, 2.24) is 10.2 Å².